The molecule has 2 fully saturated rings. The fourth-order valence-corrected chi connectivity index (χ4v) is 5.38. The van der Waals surface area contributed by atoms with E-state index in [1.54, 1.807) is 36.4 Å². The van der Waals surface area contributed by atoms with Crippen LogP contribution >= 0.6 is 0 Å². The zero-order valence-corrected chi connectivity index (χ0v) is 16.0. The van der Waals surface area contributed by atoms with Gasteiger partial charge in [0.25, 0.3) is 15.9 Å². The highest BCUT2D eigenvalue weighted by atomic mass is 32.2. The van der Waals surface area contributed by atoms with Gasteiger partial charge in [-0.1, -0.05) is 31.0 Å². The molecule has 1 saturated heterocycles. The summed E-state index contributed by atoms with van der Waals surface area (Å²) in [4.78, 5) is 15.1. The van der Waals surface area contributed by atoms with E-state index >= 15 is 0 Å². The van der Waals surface area contributed by atoms with Crippen molar-refractivity contribution in [1.29, 1.82) is 0 Å². The Bertz CT molecular complexity index is 910. The van der Waals surface area contributed by atoms with Crippen molar-refractivity contribution < 1.29 is 13.2 Å². The molecule has 2 aromatic rings. The number of benzene rings is 2. The van der Waals surface area contributed by atoms with E-state index in [1.807, 2.05) is 11.0 Å². The SMILES string of the molecule is O=C(c1ccc(S(=O)(=O)Nc2ccccc2)cc1)N1CCC2CCCCC21. The fraction of sp³-hybridized carbons (Fsp3) is 0.381. The van der Waals surface area contributed by atoms with Crippen molar-refractivity contribution in [1.82, 2.24) is 4.90 Å². The monoisotopic (exact) mass is 384 g/mol. The molecule has 1 amide bonds. The molecule has 1 aliphatic carbocycles. The maximum absolute atomic E-state index is 12.9. The summed E-state index contributed by atoms with van der Waals surface area (Å²) in [6, 6.07) is 15.4. The molecular weight excluding hydrogens is 360 g/mol. The summed E-state index contributed by atoms with van der Waals surface area (Å²) in [5.74, 6) is 0.654. The third-order valence-electron chi connectivity index (χ3n) is 5.71. The zero-order valence-electron chi connectivity index (χ0n) is 15.2. The van der Waals surface area contributed by atoms with Crippen LogP contribution in [0.5, 0.6) is 0 Å². The first-order chi connectivity index (χ1) is 13.0. The number of nitrogens with zero attached hydrogens (tertiary/aromatic N) is 1. The highest BCUT2D eigenvalue weighted by molar-refractivity contribution is 7.92. The summed E-state index contributed by atoms with van der Waals surface area (Å²) < 4.78 is 27.6. The molecule has 2 aliphatic rings. The van der Waals surface area contributed by atoms with E-state index in [0.29, 0.717) is 23.2 Å². The normalized spacial score (nSPS) is 22.3. The number of carbonyl (C=O) groups excluding carboxylic acids is 1. The molecule has 142 valence electrons. The van der Waals surface area contributed by atoms with Crippen molar-refractivity contribution in [3.8, 4) is 0 Å². The van der Waals surface area contributed by atoms with E-state index in [-0.39, 0.29) is 10.8 Å². The maximum atomic E-state index is 12.9. The van der Waals surface area contributed by atoms with Gasteiger partial charge in [-0.2, -0.15) is 0 Å². The van der Waals surface area contributed by atoms with E-state index < -0.39 is 10.0 Å². The number of rotatable bonds is 4. The minimum atomic E-state index is -3.67. The number of fused-ring (bicyclic) bond motifs is 1. The Labute approximate surface area is 160 Å². The molecule has 4 rings (SSSR count). The van der Waals surface area contributed by atoms with Gasteiger partial charge in [0.05, 0.1) is 4.90 Å². The summed E-state index contributed by atoms with van der Waals surface area (Å²) in [6.07, 6.45) is 5.85. The van der Waals surface area contributed by atoms with Crippen molar-refractivity contribution in [3.05, 3.63) is 60.2 Å². The maximum Gasteiger partial charge on any atom is 0.261 e. The van der Waals surface area contributed by atoms with Crippen LogP contribution in [0.2, 0.25) is 0 Å². The lowest BCUT2D eigenvalue weighted by atomic mass is 9.85. The third kappa shape index (κ3) is 3.72. The second kappa shape index (κ2) is 7.35. The van der Waals surface area contributed by atoms with Gasteiger partial charge >= 0.3 is 0 Å². The number of anilines is 1. The summed E-state index contributed by atoms with van der Waals surface area (Å²) in [5, 5.41) is 0. The van der Waals surface area contributed by atoms with Gasteiger partial charge in [-0.15, -0.1) is 0 Å². The zero-order chi connectivity index (χ0) is 18.9. The lowest BCUT2D eigenvalue weighted by molar-refractivity contribution is 0.0690. The Hall–Kier alpha value is -2.34. The van der Waals surface area contributed by atoms with E-state index in [2.05, 4.69) is 4.72 Å². The molecule has 2 unspecified atom stereocenters. The second-order valence-corrected chi connectivity index (χ2v) is 9.08. The van der Waals surface area contributed by atoms with Crippen molar-refractivity contribution in [2.75, 3.05) is 11.3 Å². The highest BCUT2D eigenvalue weighted by Gasteiger charge is 2.38. The predicted molar refractivity (Wildman–Crippen MR) is 105 cm³/mol. The summed E-state index contributed by atoms with van der Waals surface area (Å²) in [6.45, 7) is 0.809. The Kier molecular flexibility index (Phi) is 4.91. The number of hydrogen-bond acceptors (Lipinski definition) is 3. The molecule has 0 bridgehead atoms. The van der Waals surface area contributed by atoms with Crippen molar-refractivity contribution in [2.24, 2.45) is 5.92 Å². The minimum absolute atomic E-state index is 0.0179. The van der Waals surface area contributed by atoms with Gasteiger partial charge in [-0.3, -0.25) is 9.52 Å². The molecule has 2 aromatic carbocycles. The average Bonchev–Trinajstić information content (AvgIpc) is 3.12. The molecule has 5 nitrogen and oxygen atoms in total. The largest absolute Gasteiger partial charge is 0.335 e. The Morgan fingerprint density at radius 3 is 2.37 bits per heavy atom. The smallest absolute Gasteiger partial charge is 0.261 e. The van der Waals surface area contributed by atoms with Gasteiger partial charge in [-0.25, -0.2) is 8.42 Å². The van der Waals surface area contributed by atoms with Gasteiger partial charge in [0.2, 0.25) is 0 Å². The number of nitrogens with one attached hydrogen (secondary N) is 1. The molecule has 2 atom stereocenters. The van der Waals surface area contributed by atoms with Crippen LogP contribution in [0.25, 0.3) is 0 Å². The topological polar surface area (TPSA) is 66.5 Å². The quantitative estimate of drug-likeness (QED) is 0.870. The van der Waals surface area contributed by atoms with Crippen LogP contribution in [-0.2, 0) is 10.0 Å². The molecule has 1 saturated carbocycles. The summed E-state index contributed by atoms with van der Waals surface area (Å²) >= 11 is 0. The third-order valence-corrected chi connectivity index (χ3v) is 7.11. The lowest BCUT2D eigenvalue weighted by Gasteiger charge is -2.31. The second-order valence-electron chi connectivity index (χ2n) is 7.40. The van der Waals surface area contributed by atoms with Gasteiger partial charge in [0.15, 0.2) is 0 Å². The number of carbonyl (C=O) groups is 1. The van der Waals surface area contributed by atoms with Crippen LogP contribution in [0, 0.1) is 5.92 Å². The van der Waals surface area contributed by atoms with Crippen LogP contribution in [0.4, 0.5) is 5.69 Å². The Morgan fingerprint density at radius 2 is 1.63 bits per heavy atom. The lowest BCUT2D eigenvalue weighted by Crippen LogP contribution is -2.39. The minimum Gasteiger partial charge on any atom is -0.335 e. The van der Waals surface area contributed by atoms with E-state index in [4.69, 9.17) is 0 Å². The molecule has 0 aromatic heterocycles. The number of sulfonamides is 1. The molecule has 0 spiro atoms. The van der Waals surface area contributed by atoms with Crippen LogP contribution in [-0.4, -0.2) is 31.8 Å². The van der Waals surface area contributed by atoms with Gasteiger partial charge in [-0.05, 0) is 61.6 Å². The van der Waals surface area contributed by atoms with Crippen LogP contribution in [0.3, 0.4) is 0 Å². The molecule has 1 heterocycles. The van der Waals surface area contributed by atoms with Crippen molar-refractivity contribution >= 4 is 21.6 Å². The Balaban J connectivity index is 1.49. The molecule has 6 heteroatoms. The van der Waals surface area contributed by atoms with Gasteiger partial charge in [0, 0.05) is 23.8 Å². The molecular formula is C21H24N2O3S. The molecule has 0 radical (unpaired) electrons. The van der Waals surface area contributed by atoms with Gasteiger partial charge in [0.1, 0.15) is 0 Å². The first-order valence-corrected chi connectivity index (χ1v) is 11.0. The number of likely N-dealkylation sites (tertiary alicyclic amines) is 1. The predicted octanol–water partition coefficient (Wildman–Crippen LogP) is 3.89. The Morgan fingerprint density at radius 1 is 0.926 bits per heavy atom. The van der Waals surface area contributed by atoms with E-state index in [1.165, 1.54) is 31.4 Å². The van der Waals surface area contributed by atoms with Crippen LogP contribution in [0.1, 0.15) is 42.5 Å². The number of hydrogen-bond donors (Lipinski definition) is 1. The van der Waals surface area contributed by atoms with Crippen molar-refractivity contribution in [2.45, 2.75) is 43.0 Å². The average molecular weight is 385 g/mol. The van der Waals surface area contributed by atoms with Gasteiger partial charge < -0.3 is 4.90 Å². The van der Waals surface area contributed by atoms with Crippen LogP contribution in [0.15, 0.2) is 59.5 Å². The number of para-hydroxylation sites is 1. The molecule has 27 heavy (non-hydrogen) atoms. The van der Waals surface area contributed by atoms with E-state index in [0.717, 1.165) is 19.4 Å². The first-order valence-electron chi connectivity index (χ1n) is 9.53. The van der Waals surface area contributed by atoms with Crippen LogP contribution < -0.4 is 4.72 Å². The summed E-state index contributed by atoms with van der Waals surface area (Å²) in [7, 11) is -3.67. The van der Waals surface area contributed by atoms with E-state index in [9.17, 15) is 13.2 Å². The molecule has 1 aliphatic heterocycles. The summed E-state index contributed by atoms with van der Waals surface area (Å²) in [5.41, 5.74) is 1.07. The first kappa shape index (κ1) is 18.0. The van der Waals surface area contributed by atoms with Crippen molar-refractivity contribution in [3.63, 3.8) is 0 Å². The fourth-order valence-electron chi connectivity index (χ4n) is 4.32. The number of amides is 1. The standard InChI is InChI=1S/C21H24N2O3S/c24-21(23-15-14-16-6-4-5-9-20(16)23)17-10-12-19(13-11-17)27(25,26)22-18-7-2-1-3-8-18/h1-3,7-8,10-13,16,20,22H,4-6,9,14-15H2. The highest BCUT2D eigenvalue weighted by Crippen LogP contribution is 2.36. The molecule has 1 N–H and O–H groups in total.